The Bertz CT molecular complexity index is 668. The first-order chi connectivity index (χ1) is 9.57. The van der Waals surface area contributed by atoms with E-state index in [0.717, 1.165) is 24.6 Å². The van der Waals surface area contributed by atoms with Crippen LogP contribution < -0.4 is 5.32 Å². The van der Waals surface area contributed by atoms with Gasteiger partial charge in [0.15, 0.2) is 0 Å². The van der Waals surface area contributed by atoms with E-state index in [4.69, 9.17) is 11.6 Å². The van der Waals surface area contributed by atoms with Crippen LogP contribution in [0.2, 0.25) is 5.02 Å². The Hall–Kier alpha value is -1.65. The molecule has 1 fully saturated rings. The summed E-state index contributed by atoms with van der Waals surface area (Å²) in [7, 11) is 0. The Morgan fingerprint density at radius 3 is 2.85 bits per heavy atom. The Balaban J connectivity index is 1.80. The predicted molar refractivity (Wildman–Crippen MR) is 77.9 cm³/mol. The van der Waals surface area contributed by atoms with Gasteiger partial charge in [-0.2, -0.15) is 0 Å². The van der Waals surface area contributed by atoms with E-state index in [2.05, 4.69) is 10.3 Å². The van der Waals surface area contributed by atoms with Gasteiger partial charge in [-0.05, 0) is 31.4 Å². The second kappa shape index (κ2) is 5.04. The number of hydrogen-bond acceptors (Lipinski definition) is 3. The van der Waals surface area contributed by atoms with Gasteiger partial charge >= 0.3 is 0 Å². The van der Waals surface area contributed by atoms with Crippen molar-refractivity contribution < 1.29 is 9.90 Å². The van der Waals surface area contributed by atoms with Crippen LogP contribution in [0.25, 0.3) is 10.9 Å². The van der Waals surface area contributed by atoms with Crippen LogP contribution in [-0.2, 0) is 0 Å². The summed E-state index contributed by atoms with van der Waals surface area (Å²) in [5, 5.41) is 14.0. The molecule has 104 valence electrons. The molecule has 5 heteroatoms. The maximum absolute atomic E-state index is 12.1. The van der Waals surface area contributed by atoms with Crippen molar-refractivity contribution in [2.75, 3.05) is 6.54 Å². The smallest absolute Gasteiger partial charge is 0.270 e. The molecule has 4 nitrogen and oxygen atoms in total. The summed E-state index contributed by atoms with van der Waals surface area (Å²) in [5.74, 6) is -0.307. The standard InChI is InChI=1S/C15H15ClN2O2/c16-11-8-13(18-12-5-2-1-4-10(11)12)14(19)17-9-15(20)6-3-7-15/h1-2,4-5,8,20H,3,6-7,9H2,(H,17,19). The summed E-state index contributed by atoms with van der Waals surface area (Å²) in [6.07, 6.45) is 2.48. The lowest BCUT2D eigenvalue weighted by atomic mass is 9.80. The quantitative estimate of drug-likeness (QED) is 0.913. The van der Waals surface area contributed by atoms with Crippen LogP contribution in [0.4, 0.5) is 0 Å². The van der Waals surface area contributed by atoms with Crippen molar-refractivity contribution in [1.82, 2.24) is 10.3 Å². The molecule has 0 atom stereocenters. The summed E-state index contributed by atoms with van der Waals surface area (Å²) in [6, 6.07) is 8.97. The Morgan fingerprint density at radius 2 is 2.15 bits per heavy atom. The summed E-state index contributed by atoms with van der Waals surface area (Å²) >= 11 is 6.17. The molecule has 2 N–H and O–H groups in total. The number of fused-ring (bicyclic) bond motifs is 1. The van der Waals surface area contributed by atoms with Crippen LogP contribution in [0.5, 0.6) is 0 Å². The number of nitrogens with zero attached hydrogens (tertiary/aromatic N) is 1. The third kappa shape index (κ3) is 2.49. The Morgan fingerprint density at radius 1 is 1.40 bits per heavy atom. The summed E-state index contributed by atoms with van der Waals surface area (Å²) in [6.45, 7) is 0.262. The van der Waals surface area contributed by atoms with Gasteiger partial charge in [0.2, 0.25) is 0 Å². The van der Waals surface area contributed by atoms with Crippen molar-refractivity contribution in [2.24, 2.45) is 0 Å². The molecule has 0 unspecified atom stereocenters. The van der Waals surface area contributed by atoms with E-state index in [1.807, 2.05) is 24.3 Å². The van der Waals surface area contributed by atoms with Crippen LogP contribution in [0, 0.1) is 0 Å². The van der Waals surface area contributed by atoms with Gasteiger partial charge in [0, 0.05) is 11.9 Å². The van der Waals surface area contributed by atoms with Crippen molar-refractivity contribution in [2.45, 2.75) is 24.9 Å². The molecule has 0 aliphatic heterocycles. The Kier molecular flexibility index (Phi) is 3.36. The topological polar surface area (TPSA) is 62.2 Å². The number of nitrogens with one attached hydrogen (secondary N) is 1. The lowest BCUT2D eigenvalue weighted by Crippen LogP contribution is -2.47. The number of aromatic nitrogens is 1. The number of benzene rings is 1. The van der Waals surface area contributed by atoms with Crippen molar-refractivity contribution in [3.05, 3.63) is 41.0 Å². The molecular formula is C15H15ClN2O2. The Labute approximate surface area is 121 Å². The first-order valence-corrected chi connectivity index (χ1v) is 7.01. The van der Waals surface area contributed by atoms with Crippen molar-refractivity contribution >= 4 is 28.4 Å². The molecule has 0 spiro atoms. The van der Waals surface area contributed by atoms with E-state index in [1.54, 1.807) is 6.07 Å². The minimum atomic E-state index is -0.740. The summed E-state index contributed by atoms with van der Waals surface area (Å²) in [4.78, 5) is 16.4. The molecular weight excluding hydrogens is 276 g/mol. The molecule has 1 aromatic carbocycles. The van der Waals surface area contributed by atoms with Gasteiger partial charge in [-0.25, -0.2) is 4.98 Å². The van der Waals surface area contributed by atoms with E-state index in [0.29, 0.717) is 10.5 Å². The van der Waals surface area contributed by atoms with Crippen LogP contribution in [-0.4, -0.2) is 28.1 Å². The molecule has 1 amide bonds. The third-order valence-corrected chi connectivity index (χ3v) is 4.07. The average Bonchev–Trinajstić information content (AvgIpc) is 2.42. The van der Waals surface area contributed by atoms with Gasteiger partial charge < -0.3 is 10.4 Å². The second-order valence-electron chi connectivity index (χ2n) is 5.27. The minimum Gasteiger partial charge on any atom is -0.388 e. The molecule has 3 rings (SSSR count). The first kappa shape index (κ1) is 13.3. The summed E-state index contributed by atoms with van der Waals surface area (Å²) in [5.41, 5.74) is 0.222. The highest BCUT2D eigenvalue weighted by Gasteiger charge is 2.34. The molecule has 0 radical (unpaired) electrons. The average molecular weight is 291 g/mol. The number of halogens is 1. The first-order valence-electron chi connectivity index (χ1n) is 6.63. The lowest BCUT2D eigenvalue weighted by Gasteiger charge is -2.36. The molecule has 20 heavy (non-hydrogen) atoms. The van der Waals surface area contributed by atoms with Crippen LogP contribution >= 0.6 is 11.6 Å². The van der Waals surface area contributed by atoms with Crippen molar-refractivity contribution in [3.8, 4) is 0 Å². The molecule has 1 saturated carbocycles. The van der Waals surface area contributed by atoms with Gasteiger partial charge in [0.05, 0.1) is 16.1 Å². The fraction of sp³-hybridized carbons (Fsp3) is 0.333. The normalized spacial score (nSPS) is 16.7. The molecule has 0 bridgehead atoms. The van der Waals surface area contributed by atoms with Crippen LogP contribution in [0.15, 0.2) is 30.3 Å². The van der Waals surface area contributed by atoms with E-state index in [1.165, 1.54) is 0 Å². The van der Waals surface area contributed by atoms with Crippen LogP contribution in [0.3, 0.4) is 0 Å². The fourth-order valence-electron chi connectivity index (χ4n) is 2.35. The van der Waals surface area contributed by atoms with E-state index in [9.17, 15) is 9.90 Å². The number of aliphatic hydroxyl groups is 1. The number of carbonyl (C=O) groups excluding carboxylic acids is 1. The monoisotopic (exact) mass is 290 g/mol. The largest absolute Gasteiger partial charge is 0.388 e. The molecule has 1 aliphatic carbocycles. The highest BCUT2D eigenvalue weighted by atomic mass is 35.5. The van der Waals surface area contributed by atoms with Gasteiger partial charge in [-0.1, -0.05) is 29.8 Å². The fourth-order valence-corrected chi connectivity index (χ4v) is 2.61. The minimum absolute atomic E-state index is 0.262. The number of para-hydroxylation sites is 1. The number of carbonyl (C=O) groups is 1. The maximum atomic E-state index is 12.1. The zero-order valence-electron chi connectivity index (χ0n) is 10.9. The number of rotatable bonds is 3. The van der Waals surface area contributed by atoms with Crippen molar-refractivity contribution in [1.29, 1.82) is 0 Å². The van der Waals surface area contributed by atoms with E-state index in [-0.39, 0.29) is 18.1 Å². The molecule has 1 aromatic heterocycles. The zero-order valence-corrected chi connectivity index (χ0v) is 11.7. The molecule has 1 aliphatic rings. The molecule has 2 aromatic rings. The molecule has 0 saturated heterocycles. The van der Waals surface area contributed by atoms with Gasteiger partial charge in [0.25, 0.3) is 5.91 Å². The highest BCUT2D eigenvalue weighted by Crippen LogP contribution is 2.30. The van der Waals surface area contributed by atoms with Gasteiger partial charge in [-0.3, -0.25) is 4.79 Å². The highest BCUT2D eigenvalue weighted by molar-refractivity contribution is 6.35. The van der Waals surface area contributed by atoms with E-state index >= 15 is 0 Å². The third-order valence-electron chi connectivity index (χ3n) is 3.76. The van der Waals surface area contributed by atoms with Gasteiger partial charge in [0.1, 0.15) is 5.69 Å². The van der Waals surface area contributed by atoms with Gasteiger partial charge in [-0.15, -0.1) is 0 Å². The predicted octanol–water partition coefficient (Wildman–Crippen LogP) is 2.53. The number of pyridine rings is 1. The second-order valence-corrected chi connectivity index (χ2v) is 5.67. The van der Waals surface area contributed by atoms with E-state index < -0.39 is 5.60 Å². The number of hydrogen-bond donors (Lipinski definition) is 2. The SMILES string of the molecule is O=C(NCC1(O)CCC1)c1cc(Cl)c2ccccc2n1. The summed E-state index contributed by atoms with van der Waals surface area (Å²) < 4.78 is 0. The van der Waals surface area contributed by atoms with Crippen molar-refractivity contribution in [3.63, 3.8) is 0 Å². The zero-order chi connectivity index (χ0) is 14.2. The maximum Gasteiger partial charge on any atom is 0.270 e. The number of amides is 1. The van der Waals surface area contributed by atoms with Crippen LogP contribution in [0.1, 0.15) is 29.8 Å². The molecule has 1 heterocycles. The lowest BCUT2D eigenvalue weighted by molar-refractivity contribution is -0.0300.